The molecule has 0 aromatic heterocycles. The summed E-state index contributed by atoms with van der Waals surface area (Å²) in [7, 11) is 0. The maximum Gasteiger partial charge on any atom is 0.408 e. The van der Waals surface area contributed by atoms with Crippen LogP contribution in [0.5, 0.6) is 0 Å². The minimum Gasteiger partial charge on any atom is -0.466 e. The lowest BCUT2D eigenvalue weighted by Gasteiger charge is -2.24. The molecule has 1 atom stereocenters. The Morgan fingerprint density at radius 3 is 2.32 bits per heavy atom. The van der Waals surface area contributed by atoms with Crippen molar-refractivity contribution >= 4 is 35.3 Å². The lowest BCUT2D eigenvalue weighted by molar-refractivity contribution is -0.143. The molecule has 31 heavy (non-hydrogen) atoms. The Bertz CT molecular complexity index is 953. The third kappa shape index (κ3) is 6.84. The molecule has 0 aliphatic rings. The zero-order valence-corrected chi connectivity index (χ0v) is 19.7. The van der Waals surface area contributed by atoms with Gasteiger partial charge in [-0.1, -0.05) is 29.3 Å². The Morgan fingerprint density at radius 1 is 1.16 bits per heavy atom. The number of amides is 1. The molecule has 2 rings (SSSR count). The molecule has 0 aliphatic heterocycles. The first-order chi connectivity index (χ1) is 14.4. The highest BCUT2D eigenvalue weighted by atomic mass is 35.5. The van der Waals surface area contributed by atoms with Crippen LogP contribution >= 0.6 is 23.2 Å². The zero-order valence-electron chi connectivity index (χ0n) is 18.1. The summed E-state index contributed by atoms with van der Waals surface area (Å²) >= 11 is 12.7. The smallest absolute Gasteiger partial charge is 0.408 e. The SMILES string of the molecule is CCOC(=O)C[C@H](NC(=O)OC(C)(C)C)c1cc(-c2c(Cl)cccc2Cl)cc(C)c1F. The van der Waals surface area contributed by atoms with Crippen molar-refractivity contribution in [2.45, 2.75) is 52.7 Å². The summed E-state index contributed by atoms with van der Waals surface area (Å²) in [5.41, 5.74) is 0.736. The summed E-state index contributed by atoms with van der Waals surface area (Å²) in [5.74, 6) is -1.14. The van der Waals surface area contributed by atoms with Crippen molar-refractivity contribution in [1.82, 2.24) is 5.32 Å². The molecule has 2 aromatic carbocycles. The highest BCUT2D eigenvalue weighted by molar-refractivity contribution is 6.39. The summed E-state index contributed by atoms with van der Waals surface area (Å²) in [6, 6.07) is 7.18. The number of carbonyl (C=O) groups is 2. The van der Waals surface area contributed by atoms with E-state index in [2.05, 4.69) is 5.32 Å². The molecular formula is C23H26Cl2FNO4. The Kier molecular flexibility index (Phi) is 8.32. The minimum absolute atomic E-state index is 0.102. The van der Waals surface area contributed by atoms with E-state index in [9.17, 15) is 9.59 Å². The molecule has 0 radical (unpaired) electrons. The van der Waals surface area contributed by atoms with Crippen molar-refractivity contribution in [3.63, 3.8) is 0 Å². The van der Waals surface area contributed by atoms with E-state index >= 15 is 4.39 Å². The second-order valence-electron chi connectivity index (χ2n) is 8.00. The quantitative estimate of drug-likeness (QED) is 0.482. The van der Waals surface area contributed by atoms with Gasteiger partial charge in [-0.15, -0.1) is 0 Å². The van der Waals surface area contributed by atoms with Crippen molar-refractivity contribution < 1.29 is 23.5 Å². The normalized spacial score (nSPS) is 12.3. The standard InChI is InChI=1S/C23H26Cl2FNO4/c1-6-30-19(28)12-18(27-22(29)31-23(3,4)5)15-11-14(10-13(2)21(15)26)20-16(24)8-7-9-17(20)25/h7-11,18H,6,12H2,1-5H3,(H,27,29)/t18-/m0/s1. The molecule has 1 amide bonds. The number of carbonyl (C=O) groups excluding carboxylic acids is 2. The first-order valence-corrected chi connectivity index (χ1v) is 10.6. The third-order valence-electron chi connectivity index (χ3n) is 4.28. The first-order valence-electron chi connectivity index (χ1n) is 9.82. The molecule has 0 aliphatic carbocycles. The molecule has 0 saturated carbocycles. The van der Waals surface area contributed by atoms with Crippen LogP contribution < -0.4 is 5.32 Å². The van der Waals surface area contributed by atoms with E-state index in [1.54, 1.807) is 58.9 Å². The summed E-state index contributed by atoms with van der Waals surface area (Å²) in [6.45, 7) is 8.53. The first kappa shape index (κ1) is 25.0. The second-order valence-corrected chi connectivity index (χ2v) is 8.82. The van der Waals surface area contributed by atoms with Crippen LogP contribution in [-0.4, -0.2) is 24.3 Å². The average molecular weight is 470 g/mol. The number of aryl methyl sites for hydroxylation is 1. The largest absolute Gasteiger partial charge is 0.466 e. The average Bonchev–Trinajstić information content (AvgIpc) is 2.62. The fourth-order valence-corrected chi connectivity index (χ4v) is 3.66. The molecule has 2 aromatic rings. The van der Waals surface area contributed by atoms with Crippen LogP contribution in [0.1, 0.15) is 51.3 Å². The van der Waals surface area contributed by atoms with Gasteiger partial charge in [-0.3, -0.25) is 4.79 Å². The van der Waals surface area contributed by atoms with E-state index in [0.717, 1.165) is 0 Å². The van der Waals surface area contributed by atoms with Gasteiger partial charge >= 0.3 is 12.1 Å². The Morgan fingerprint density at radius 2 is 1.77 bits per heavy atom. The molecule has 0 saturated heterocycles. The van der Waals surface area contributed by atoms with E-state index in [1.807, 2.05) is 0 Å². The van der Waals surface area contributed by atoms with Gasteiger partial charge in [-0.05, 0) is 70.0 Å². The van der Waals surface area contributed by atoms with Gasteiger partial charge in [0.15, 0.2) is 0 Å². The monoisotopic (exact) mass is 469 g/mol. The summed E-state index contributed by atoms with van der Waals surface area (Å²) in [4.78, 5) is 24.6. The number of hydrogen-bond donors (Lipinski definition) is 1. The highest BCUT2D eigenvalue weighted by Crippen LogP contribution is 2.37. The maximum absolute atomic E-state index is 15.2. The summed E-state index contributed by atoms with van der Waals surface area (Å²) in [6.07, 6.45) is -1.05. The fourth-order valence-electron chi connectivity index (χ4n) is 3.04. The molecular weight excluding hydrogens is 444 g/mol. The molecule has 0 heterocycles. The number of halogens is 3. The van der Waals surface area contributed by atoms with Crippen molar-refractivity contribution in [3.8, 4) is 11.1 Å². The molecule has 0 fully saturated rings. The van der Waals surface area contributed by atoms with E-state index < -0.39 is 29.5 Å². The molecule has 5 nitrogen and oxygen atoms in total. The molecule has 0 unspecified atom stereocenters. The number of rotatable bonds is 6. The van der Waals surface area contributed by atoms with Crippen LogP contribution in [0, 0.1) is 12.7 Å². The number of ether oxygens (including phenoxy) is 2. The van der Waals surface area contributed by atoms with E-state index in [4.69, 9.17) is 32.7 Å². The van der Waals surface area contributed by atoms with Gasteiger partial charge in [0.2, 0.25) is 0 Å². The Hall–Kier alpha value is -2.31. The van der Waals surface area contributed by atoms with Gasteiger partial charge in [-0.2, -0.15) is 0 Å². The van der Waals surface area contributed by atoms with Crippen LogP contribution in [0.15, 0.2) is 30.3 Å². The predicted molar refractivity (Wildman–Crippen MR) is 120 cm³/mol. The third-order valence-corrected chi connectivity index (χ3v) is 4.91. The van der Waals surface area contributed by atoms with Crippen LogP contribution in [0.3, 0.4) is 0 Å². The number of benzene rings is 2. The van der Waals surface area contributed by atoms with Crippen molar-refractivity contribution in [2.24, 2.45) is 0 Å². The maximum atomic E-state index is 15.2. The Labute approximate surface area is 191 Å². The van der Waals surface area contributed by atoms with Crippen LogP contribution in [0.25, 0.3) is 11.1 Å². The van der Waals surface area contributed by atoms with Gasteiger partial charge < -0.3 is 14.8 Å². The summed E-state index contributed by atoms with van der Waals surface area (Å²) < 4.78 is 25.5. The number of alkyl carbamates (subject to hydrolysis) is 1. The van der Waals surface area contributed by atoms with Crippen molar-refractivity contribution in [1.29, 1.82) is 0 Å². The van der Waals surface area contributed by atoms with Crippen LogP contribution in [0.4, 0.5) is 9.18 Å². The molecule has 0 spiro atoms. The summed E-state index contributed by atoms with van der Waals surface area (Å²) in [5, 5.41) is 3.38. The van der Waals surface area contributed by atoms with Crippen molar-refractivity contribution in [3.05, 3.63) is 57.3 Å². The zero-order chi connectivity index (χ0) is 23.3. The topological polar surface area (TPSA) is 64.6 Å². The van der Waals surface area contributed by atoms with Gasteiger partial charge in [-0.25, -0.2) is 9.18 Å². The number of nitrogens with one attached hydrogen (secondary N) is 1. The van der Waals surface area contributed by atoms with Gasteiger partial charge in [0.25, 0.3) is 0 Å². The van der Waals surface area contributed by atoms with Crippen LogP contribution in [-0.2, 0) is 14.3 Å². The lowest BCUT2D eigenvalue weighted by atomic mass is 9.94. The molecule has 0 bridgehead atoms. The van der Waals surface area contributed by atoms with Gasteiger partial charge in [0.1, 0.15) is 11.4 Å². The van der Waals surface area contributed by atoms with Crippen molar-refractivity contribution in [2.75, 3.05) is 6.61 Å². The Balaban J connectivity index is 2.54. The molecule has 1 N–H and O–H groups in total. The molecule has 168 valence electrons. The van der Waals surface area contributed by atoms with Gasteiger partial charge in [0.05, 0.1) is 19.1 Å². The number of hydrogen-bond acceptors (Lipinski definition) is 4. The van der Waals surface area contributed by atoms with Crippen LogP contribution in [0.2, 0.25) is 10.0 Å². The second kappa shape index (κ2) is 10.3. The van der Waals surface area contributed by atoms with E-state index in [-0.39, 0.29) is 18.6 Å². The highest BCUT2D eigenvalue weighted by Gasteiger charge is 2.27. The van der Waals surface area contributed by atoms with E-state index in [1.165, 1.54) is 6.07 Å². The lowest BCUT2D eigenvalue weighted by Crippen LogP contribution is -2.36. The van der Waals surface area contributed by atoms with E-state index in [0.29, 0.717) is 26.7 Å². The number of esters is 1. The van der Waals surface area contributed by atoms with Gasteiger partial charge in [0, 0.05) is 21.2 Å². The fraction of sp³-hybridized carbons (Fsp3) is 0.391. The molecule has 8 heteroatoms. The minimum atomic E-state index is -1.02. The predicted octanol–water partition coefficient (Wildman–Crippen LogP) is 6.63.